The zero-order valence-electron chi connectivity index (χ0n) is 14.5. The molecule has 1 aliphatic rings. The number of aryl methyl sites for hydroxylation is 1. The van der Waals surface area contributed by atoms with Gasteiger partial charge in [0.25, 0.3) is 0 Å². The first-order valence-electron chi connectivity index (χ1n) is 8.56. The summed E-state index contributed by atoms with van der Waals surface area (Å²) in [5, 5.41) is 3.23. The van der Waals surface area contributed by atoms with E-state index >= 15 is 0 Å². The lowest BCUT2D eigenvalue weighted by Crippen LogP contribution is -2.34. The van der Waals surface area contributed by atoms with Crippen molar-refractivity contribution in [2.24, 2.45) is 0 Å². The van der Waals surface area contributed by atoms with Crippen LogP contribution in [0.1, 0.15) is 5.56 Å². The third-order valence-electron chi connectivity index (χ3n) is 4.23. The second-order valence-electron chi connectivity index (χ2n) is 6.07. The molecule has 7 heteroatoms. The molecule has 1 saturated heterocycles. The van der Waals surface area contributed by atoms with Crippen molar-refractivity contribution in [1.29, 1.82) is 0 Å². The van der Waals surface area contributed by atoms with E-state index in [1.165, 1.54) is 0 Å². The molecule has 1 aliphatic heterocycles. The first kappa shape index (κ1) is 16.7. The smallest absolute Gasteiger partial charge is 0.223 e. The largest absolute Gasteiger partial charge is 0.463 e. The predicted octanol–water partition coefficient (Wildman–Crippen LogP) is 2.93. The average Bonchev–Trinajstić information content (AvgIpc) is 3.22. The maximum atomic E-state index is 5.64. The Hall–Kier alpha value is -2.77. The van der Waals surface area contributed by atoms with Crippen molar-refractivity contribution in [3.63, 3.8) is 0 Å². The van der Waals surface area contributed by atoms with E-state index in [0.29, 0.717) is 38.1 Å². The predicted molar refractivity (Wildman–Crippen MR) is 96.8 cm³/mol. The lowest BCUT2D eigenvalue weighted by molar-refractivity contribution is -0.0819. The highest BCUT2D eigenvalue weighted by Gasteiger charge is 2.17. The van der Waals surface area contributed by atoms with Gasteiger partial charge in [-0.25, -0.2) is 9.97 Å². The number of nitrogens with zero attached hydrogens (tertiary/aromatic N) is 3. The summed E-state index contributed by atoms with van der Waals surface area (Å²) in [4.78, 5) is 13.3. The molecule has 3 aromatic heterocycles. The van der Waals surface area contributed by atoms with Crippen LogP contribution in [0.4, 0.5) is 5.95 Å². The zero-order valence-corrected chi connectivity index (χ0v) is 14.5. The van der Waals surface area contributed by atoms with Crippen LogP contribution in [0.2, 0.25) is 0 Å². The Labute approximate surface area is 151 Å². The molecule has 1 N–H and O–H groups in total. The van der Waals surface area contributed by atoms with Gasteiger partial charge in [0.2, 0.25) is 5.95 Å². The van der Waals surface area contributed by atoms with Gasteiger partial charge in [0.05, 0.1) is 32.2 Å². The number of aromatic nitrogens is 3. The molecule has 0 unspecified atom stereocenters. The fourth-order valence-electron chi connectivity index (χ4n) is 2.90. The molecule has 3 aromatic rings. The Bertz CT molecular complexity index is 861. The fraction of sp³-hybridized carbons (Fsp3) is 0.316. The molecule has 0 aliphatic carbocycles. The van der Waals surface area contributed by atoms with Crippen LogP contribution in [0.15, 0.2) is 47.5 Å². The van der Waals surface area contributed by atoms with Gasteiger partial charge >= 0.3 is 0 Å². The molecule has 0 radical (unpaired) electrons. The van der Waals surface area contributed by atoms with Crippen molar-refractivity contribution < 1.29 is 13.9 Å². The molecular formula is C19H20N4O3. The quantitative estimate of drug-likeness (QED) is 0.756. The minimum atomic E-state index is 0.00142. The highest BCUT2D eigenvalue weighted by atomic mass is 16.6. The van der Waals surface area contributed by atoms with Gasteiger partial charge in [0.15, 0.2) is 5.76 Å². The van der Waals surface area contributed by atoms with E-state index in [2.05, 4.69) is 20.3 Å². The highest BCUT2D eigenvalue weighted by molar-refractivity contribution is 5.80. The maximum Gasteiger partial charge on any atom is 0.223 e. The Morgan fingerprint density at radius 2 is 2.15 bits per heavy atom. The van der Waals surface area contributed by atoms with Gasteiger partial charge in [-0.1, -0.05) is 0 Å². The molecule has 26 heavy (non-hydrogen) atoms. The molecule has 1 fully saturated rings. The van der Waals surface area contributed by atoms with E-state index in [9.17, 15) is 0 Å². The molecule has 134 valence electrons. The summed E-state index contributed by atoms with van der Waals surface area (Å²) in [6.07, 6.45) is 7.05. The zero-order chi connectivity index (χ0) is 17.8. The monoisotopic (exact) mass is 352 g/mol. The molecule has 0 bridgehead atoms. The van der Waals surface area contributed by atoms with Crippen molar-refractivity contribution in [2.75, 3.05) is 31.7 Å². The third kappa shape index (κ3) is 3.58. The highest BCUT2D eigenvalue weighted by Crippen LogP contribution is 2.32. The van der Waals surface area contributed by atoms with Crippen molar-refractivity contribution in [1.82, 2.24) is 15.0 Å². The Morgan fingerprint density at radius 1 is 1.19 bits per heavy atom. The van der Waals surface area contributed by atoms with E-state index in [-0.39, 0.29) is 6.10 Å². The van der Waals surface area contributed by atoms with E-state index in [4.69, 9.17) is 13.9 Å². The van der Waals surface area contributed by atoms with Gasteiger partial charge in [-0.05, 0) is 36.2 Å². The molecule has 7 nitrogen and oxygen atoms in total. The summed E-state index contributed by atoms with van der Waals surface area (Å²) in [5.74, 6) is 1.22. The minimum absolute atomic E-state index is 0.00142. The SMILES string of the molecule is Cc1cnccc1-c1cnc(NC[C@H]2COCCO2)nc1-c1ccco1. The number of hydrogen-bond acceptors (Lipinski definition) is 7. The molecule has 0 spiro atoms. The van der Waals surface area contributed by atoms with Gasteiger partial charge in [-0.2, -0.15) is 0 Å². The van der Waals surface area contributed by atoms with Gasteiger partial charge in [0, 0.05) is 30.7 Å². The number of pyridine rings is 1. The number of furan rings is 1. The Kier molecular flexibility index (Phi) is 4.90. The molecule has 1 atom stereocenters. The Balaban J connectivity index is 1.64. The summed E-state index contributed by atoms with van der Waals surface area (Å²) in [6.45, 7) is 4.44. The summed E-state index contributed by atoms with van der Waals surface area (Å²) in [7, 11) is 0. The van der Waals surface area contributed by atoms with Crippen LogP contribution in [0.25, 0.3) is 22.6 Å². The van der Waals surface area contributed by atoms with Crippen molar-refractivity contribution >= 4 is 5.95 Å². The van der Waals surface area contributed by atoms with Crippen molar-refractivity contribution in [2.45, 2.75) is 13.0 Å². The molecule has 0 saturated carbocycles. The van der Waals surface area contributed by atoms with E-state index in [1.54, 1.807) is 12.5 Å². The topological polar surface area (TPSA) is 82.3 Å². The van der Waals surface area contributed by atoms with E-state index in [1.807, 2.05) is 37.5 Å². The first-order chi connectivity index (χ1) is 12.8. The van der Waals surface area contributed by atoms with Crippen LogP contribution >= 0.6 is 0 Å². The van der Waals surface area contributed by atoms with Gasteiger partial charge < -0.3 is 19.2 Å². The second-order valence-corrected chi connectivity index (χ2v) is 6.07. The van der Waals surface area contributed by atoms with E-state index < -0.39 is 0 Å². The number of ether oxygens (including phenoxy) is 2. The van der Waals surface area contributed by atoms with Gasteiger partial charge in [0.1, 0.15) is 5.69 Å². The number of anilines is 1. The lowest BCUT2D eigenvalue weighted by Gasteiger charge is -2.23. The normalized spacial score (nSPS) is 17.2. The van der Waals surface area contributed by atoms with Crippen LogP contribution in [0.5, 0.6) is 0 Å². The molecule has 4 rings (SSSR count). The average molecular weight is 352 g/mol. The lowest BCUT2D eigenvalue weighted by atomic mass is 10.0. The molecular weight excluding hydrogens is 332 g/mol. The van der Waals surface area contributed by atoms with Crippen LogP contribution in [-0.2, 0) is 9.47 Å². The van der Waals surface area contributed by atoms with Crippen molar-refractivity contribution in [3.8, 4) is 22.6 Å². The van der Waals surface area contributed by atoms with Gasteiger partial charge in [-0.3, -0.25) is 4.98 Å². The molecule has 0 amide bonds. The summed E-state index contributed by atoms with van der Waals surface area (Å²) in [5.41, 5.74) is 3.73. The van der Waals surface area contributed by atoms with Crippen LogP contribution in [-0.4, -0.2) is 47.4 Å². The molecule has 4 heterocycles. The summed E-state index contributed by atoms with van der Waals surface area (Å²) >= 11 is 0. The van der Waals surface area contributed by atoms with Crippen LogP contribution in [0, 0.1) is 6.92 Å². The number of nitrogens with one attached hydrogen (secondary N) is 1. The standard InChI is InChI=1S/C19H20N4O3/c1-13-9-20-5-4-15(13)16-11-22-19(21-10-14-12-24-7-8-25-14)23-18(16)17-3-2-6-26-17/h2-6,9,11,14H,7-8,10,12H2,1H3,(H,21,22,23)/t14-/m0/s1. The van der Waals surface area contributed by atoms with Crippen LogP contribution in [0.3, 0.4) is 0 Å². The number of hydrogen-bond donors (Lipinski definition) is 1. The molecule has 0 aromatic carbocycles. The van der Waals surface area contributed by atoms with E-state index in [0.717, 1.165) is 22.4 Å². The van der Waals surface area contributed by atoms with Crippen molar-refractivity contribution in [3.05, 3.63) is 48.6 Å². The minimum Gasteiger partial charge on any atom is -0.463 e. The summed E-state index contributed by atoms with van der Waals surface area (Å²) < 4.78 is 16.7. The Morgan fingerprint density at radius 3 is 2.92 bits per heavy atom. The maximum absolute atomic E-state index is 5.64. The number of rotatable bonds is 5. The fourth-order valence-corrected chi connectivity index (χ4v) is 2.90. The third-order valence-corrected chi connectivity index (χ3v) is 4.23. The summed E-state index contributed by atoms with van der Waals surface area (Å²) in [6, 6.07) is 5.70. The van der Waals surface area contributed by atoms with Gasteiger partial charge in [-0.15, -0.1) is 0 Å². The first-order valence-corrected chi connectivity index (χ1v) is 8.56. The second kappa shape index (κ2) is 7.63. The van der Waals surface area contributed by atoms with Crippen LogP contribution < -0.4 is 5.32 Å².